The van der Waals surface area contributed by atoms with Gasteiger partial charge in [0.1, 0.15) is 5.75 Å². The van der Waals surface area contributed by atoms with Gasteiger partial charge >= 0.3 is 5.97 Å². The van der Waals surface area contributed by atoms with E-state index >= 15 is 0 Å². The molecule has 2 rings (SSSR count). The molecule has 0 spiro atoms. The Morgan fingerprint density at radius 1 is 0.960 bits per heavy atom. The number of aryl methyl sites for hydroxylation is 1. The zero-order valence-corrected chi connectivity index (χ0v) is 15.0. The molecule has 0 N–H and O–H groups in total. The maximum atomic E-state index is 12.2. The van der Waals surface area contributed by atoms with Gasteiger partial charge in [-0.25, -0.2) is 8.42 Å². The number of esters is 1. The highest BCUT2D eigenvalue weighted by Gasteiger charge is 2.16. The maximum absolute atomic E-state index is 12.2. The van der Waals surface area contributed by atoms with E-state index in [-0.39, 0.29) is 23.7 Å². The van der Waals surface area contributed by atoms with Crippen molar-refractivity contribution in [3.63, 3.8) is 0 Å². The average Bonchev–Trinajstić information content (AvgIpc) is 2.61. The summed E-state index contributed by atoms with van der Waals surface area (Å²) in [6.07, 6.45) is 0.390. The van der Waals surface area contributed by atoms with Crippen LogP contribution in [0.4, 0.5) is 0 Å². The third-order valence-corrected chi connectivity index (χ3v) is 5.25. The monoisotopic (exact) mass is 362 g/mol. The molecule has 0 aliphatic carbocycles. The summed E-state index contributed by atoms with van der Waals surface area (Å²) in [5.74, 6) is -0.0107. The maximum Gasteiger partial charge on any atom is 0.306 e. The van der Waals surface area contributed by atoms with Gasteiger partial charge in [0.25, 0.3) is 0 Å². The van der Waals surface area contributed by atoms with Crippen LogP contribution < -0.4 is 4.74 Å². The lowest BCUT2D eigenvalue weighted by Crippen LogP contribution is -2.15. The van der Waals surface area contributed by atoms with Crippen LogP contribution in [0.15, 0.2) is 59.5 Å². The topological polar surface area (TPSA) is 69.7 Å². The fourth-order valence-corrected chi connectivity index (χ4v) is 3.33. The molecule has 0 atom stereocenters. The van der Waals surface area contributed by atoms with Crippen LogP contribution in [0.2, 0.25) is 0 Å². The lowest BCUT2D eigenvalue weighted by molar-refractivity contribution is -0.143. The molecule has 5 nitrogen and oxygen atoms in total. The van der Waals surface area contributed by atoms with Gasteiger partial charge in [-0.1, -0.05) is 35.9 Å². The standard InChI is InChI=1S/C19H22O5S/c1-16-8-10-18(11-9-16)25(21,22)15-12-19(20)24-14-5-13-23-17-6-3-2-4-7-17/h2-4,6-11H,5,12-15H2,1H3. The van der Waals surface area contributed by atoms with Crippen molar-refractivity contribution >= 4 is 15.8 Å². The van der Waals surface area contributed by atoms with E-state index in [1.54, 1.807) is 24.3 Å². The molecule has 0 radical (unpaired) electrons. The Bertz CT molecular complexity index is 767. The molecular weight excluding hydrogens is 340 g/mol. The molecule has 0 amide bonds. The molecule has 0 saturated heterocycles. The highest BCUT2D eigenvalue weighted by molar-refractivity contribution is 7.91. The van der Waals surface area contributed by atoms with Crippen molar-refractivity contribution in [3.8, 4) is 5.75 Å². The summed E-state index contributed by atoms with van der Waals surface area (Å²) < 4.78 is 34.8. The first-order valence-corrected chi connectivity index (χ1v) is 9.75. The van der Waals surface area contributed by atoms with E-state index in [1.165, 1.54) is 0 Å². The Hall–Kier alpha value is -2.34. The van der Waals surface area contributed by atoms with Crippen LogP contribution in [0.25, 0.3) is 0 Å². The minimum absolute atomic E-state index is 0.157. The van der Waals surface area contributed by atoms with E-state index < -0.39 is 15.8 Å². The predicted octanol–water partition coefficient (Wildman–Crippen LogP) is 3.17. The Morgan fingerprint density at radius 2 is 1.64 bits per heavy atom. The number of rotatable bonds is 9. The van der Waals surface area contributed by atoms with Crippen molar-refractivity contribution in [1.29, 1.82) is 0 Å². The predicted molar refractivity (Wildman–Crippen MR) is 95.4 cm³/mol. The summed E-state index contributed by atoms with van der Waals surface area (Å²) in [6, 6.07) is 15.9. The van der Waals surface area contributed by atoms with Crippen molar-refractivity contribution in [1.82, 2.24) is 0 Å². The number of carbonyl (C=O) groups excluding carboxylic acids is 1. The fourth-order valence-electron chi connectivity index (χ4n) is 2.10. The van der Waals surface area contributed by atoms with Crippen LogP contribution >= 0.6 is 0 Å². The van der Waals surface area contributed by atoms with E-state index in [2.05, 4.69) is 0 Å². The summed E-state index contributed by atoms with van der Waals surface area (Å²) in [7, 11) is -3.47. The fraction of sp³-hybridized carbons (Fsp3) is 0.316. The van der Waals surface area contributed by atoms with Gasteiger partial charge < -0.3 is 9.47 Å². The van der Waals surface area contributed by atoms with E-state index in [4.69, 9.17) is 9.47 Å². The number of ether oxygens (including phenoxy) is 2. The van der Waals surface area contributed by atoms with E-state index in [0.29, 0.717) is 13.0 Å². The van der Waals surface area contributed by atoms with Crippen molar-refractivity contribution in [2.24, 2.45) is 0 Å². The molecule has 2 aromatic carbocycles. The first-order valence-electron chi connectivity index (χ1n) is 8.10. The van der Waals surface area contributed by atoms with E-state index in [1.807, 2.05) is 37.3 Å². The van der Waals surface area contributed by atoms with Gasteiger partial charge in [-0.15, -0.1) is 0 Å². The minimum Gasteiger partial charge on any atom is -0.493 e. The third kappa shape index (κ3) is 6.58. The van der Waals surface area contributed by atoms with Gasteiger partial charge in [-0.05, 0) is 31.2 Å². The molecule has 25 heavy (non-hydrogen) atoms. The van der Waals surface area contributed by atoms with Gasteiger partial charge in [-0.2, -0.15) is 0 Å². The first-order chi connectivity index (χ1) is 12.0. The number of sulfone groups is 1. The Kier molecular flexibility index (Phi) is 7.01. The van der Waals surface area contributed by atoms with Crippen LogP contribution in [0.5, 0.6) is 5.75 Å². The number of hydrogen-bond donors (Lipinski definition) is 0. The molecule has 134 valence electrons. The second-order valence-corrected chi connectivity index (χ2v) is 7.73. The SMILES string of the molecule is Cc1ccc(S(=O)(=O)CCC(=O)OCCCOc2ccccc2)cc1. The van der Waals surface area contributed by atoms with Crippen LogP contribution in [0, 0.1) is 6.92 Å². The number of hydrogen-bond acceptors (Lipinski definition) is 5. The van der Waals surface area contributed by atoms with Gasteiger partial charge in [0, 0.05) is 6.42 Å². The average molecular weight is 362 g/mol. The molecule has 6 heteroatoms. The van der Waals surface area contributed by atoms with E-state index in [9.17, 15) is 13.2 Å². The number of para-hydroxylation sites is 1. The van der Waals surface area contributed by atoms with Crippen LogP contribution in [0.1, 0.15) is 18.4 Å². The molecule has 0 fully saturated rings. The van der Waals surface area contributed by atoms with Gasteiger partial charge in [0.05, 0.1) is 30.3 Å². The smallest absolute Gasteiger partial charge is 0.306 e. The van der Waals surface area contributed by atoms with Gasteiger partial charge in [0.15, 0.2) is 9.84 Å². The molecule has 0 heterocycles. The Balaban J connectivity index is 1.65. The van der Waals surface area contributed by atoms with Crippen LogP contribution in [-0.2, 0) is 19.4 Å². The zero-order chi connectivity index (χ0) is 18.1. The molecule has 0 aromatic heterocycles. The molecule has 0 aliphatic heterocycles. The first kappa shape index (κ1) is 19.0. The second-order valence-electron chi connectivity index (χ2n) is 5.62. The molecule has 0 bridgehead atoms. The molecule has 0 unspecified atom stereocenters. The number of benzene rings is 2. The summed E-state index contributed by atoms with van der Waals surface area (Å²) in [5.41, 5.74) is 0.982. The normalized spacial score (nSPS) is 11.1. The number of carbonyl (C=O) groups is 1. The second kappa shape index (κ2) is 9.22. The molecule has 2 aromatic rings. The highest BCUT2D eigenvalue weighted by Crippen LogP contribution is 2.13. The Labute approximate surface area is 148 Å². The van der Waals surface area contributed by atoms with Crippen LogP contribution in [0.3, 0.4) is 0 Å². The highest BCUT2D eigenvalue weighted by atomic mass is 32.2. The zero-order valence-electron chi connectivity index (χ0n) is 14.2. The lowest BCUT2D eigenvalue weighted by atomic mass is 10.2. The molecule has 0 saturated carbocycles. The van der Waals surface area contributed by atoms with Crippen molar-refractivity contribution in [2.45, 2.75) is 24.7 Å². The minimum atomic E-state index is -3.47. The molecular formula is C19H22O5S. The van der Waals surface area contributed by atoms with Crippen molar-refractivity contribution in [3.05, 3.63) is 60.2 Å². The van der Waals surface area contributed by atoms with Gasteiger partial charge in [-0.3, -0.25) is 4.79 Å². The Morgan fingerprint density at radius 3 is 2.32 bits per heavy atom. The molecule has 0 aliphatic rings. The quantitative estimate of drug-likeness (QED) is 0.506. The van der Waals surface area contributed by atoms with Crippen LogP contribution in [-0.4, -0.2) is 33.4 Å². The van der Waals surface area contributed by atoms with E-state index in [0.717, 1.165) is 11.3 Å². The summed E-state index contributed by atoms with van der Waals surface area (Å²) >= 11 is 0. The van der Waals surface area contributed by atoms with Crippen molar-refractivity contribution < 1.29 is 22.7 Å². The summed E-state index contributed by atoms with van der Waals surface area (Å²) in [4.78, 5) is 11.9. The lowest BCUT2D eigenvalue weighted by Gasteiger charge is -2.08. The summed E-state index contributed by atoms with van der Waals surface area (Å²) in [6.45, 7) is 2.52. The summed E-state index contributed by atoms with van der Waals surface area (Å²) in [5, 5.41) is 0. The largest absolute Gasteiger partial charge is 0.493 e. The van der Waals surface area contributed by atoms with Crippen molar-refractivity contribution in [2.75, 3.05) is 19.0 Å². The van der Waals surface area contributed by atoms with Gasteiger partial charge in [0.2, 0.25) is 0 Å². The third-order valence-electron chi connectivity index (χ3n) is 3.52.